The summed E-state index contributed by atoms with van der Waals surface area (Å²) in [6, 6.07) is 7.07. The van der Waals surface area contributed by atoms with Crippen molar-refractivity contribution in [3.8, 4) is 0 Å². The van der Waals surface area contributed by atoms with Crippen molar-refractivity contribution in [3.05, 3.63) is 45.9 Å². The first-order valence-corrected chi connectivity index (χ1v) is 9.59. The molecule has 0 amide bonds. The summed E-state index contributed by atoms with van der Waals surface area (Å²) in [6.07, 6.45) is 3.11. The predicted molar refractivity (Wildman–Crippen MR) is 81.4 cm³/mol. The Bertz CT molecular complexity index is 645. The van der Waals surface area contributed by atoms with E-state index in [1.807, 2.05) is 18.3 Å². The highest BCUT2D eigenvalue weighted by Crippen LogP contribution is 2.21. The van der Waals surface area contributed by atoms with E-state index in [-0.39, 0.29) is 0 Å². The van der Waals surface area contributed by atoms with Gasteiger partial charge in [-0.3, -0.25) is 0 Å². The molecule has 0 aliphatic heterocycles. The van der Waals surface area contributed by atoms with Gasteiger partial charge in [0.05, 0.1) is 4.90 Å². The third kappa shape index (κ3) is 4.33. The van der Waals surface area contributed by atoms with Crippen molar-refractivity contribution in [2.45, 2.75) is 23.3 Å². The molecule has 0 atom stereocenters. The molecule has 2 aromatic rings. The highest BCUT2D eigenvalue weighted by Gasteiger charge is 2.06. The van der Waals surface area contributed by atoms with E-state index < -0.39 is 9.84 Å². The van der Waals surface area contributed by atoms with E-state index in [1.54, 1.807) is 35.2 Å². The number of sulfone groups is 1. The van der Waals surface area contributed by atoms with Gasteiger partial charge in [0.2, 0.25) is 0 Å². The van der Waals surface area contributed by atoms with Gasteiger partial charge in [-0.15, -0.1) is 23.1 Å². The quantitative estimate of drug-likeness (QED) is 0.850. The lowest BCUT2D eigenvalue weighted by atomic mass is 10.2. The summed E-state index contributed by atoms with van der Waals surface area (Å²) in [5, 5.41) is 1.13. The maximum Gasteiger partial charge on any atom is 0.175 e. The Kier molecular flexibility index (Phi) is 4.65. The Hall–Kier alpha value is -0.850. The second kappa shape index (κ2) is 6.07. The third-order valence-corrected chi connectivity index (χ3v) is 5.75. The molecule has 0 radical (unpaired) electrons. The van der Waals surface area contributed by atoms with Crippen LogP contribution in [0.4, 0.5) is 0 Å². The SMILES string of the molecule is Cc1cnc(CSCc2ccc(S(C)(=O)=O)cc2)s1. The standard InChI is InChI=1S/C13H15NO2S3/c1-10-7-14-13(18-10)9-17-8-11-3-5-12(6-4-11)19(2,15)16/h3-7H,8-9H2,1-2H3. The molecule has 0 N–H and O–H groups in total. The second-order valence-electron chi connectivity index (χ2n) is 4.27. The van der Waals surface area contributed by atoms with Gasteiger partial charge in [-0.2, -0.15) is 0 Å². The first-order valence-electron chi connectivity index (χ1n) is 5.73. The summed E-state index contributed by atoms with van der Waals surface area (Å²) >= 11 is 3.50. The smallest absolute Gasteiger partial charge is 0.175 e. The van der Waals surface area contributed by atoms with Crippen LogP contribution in [0.15, 0.2) is 35.4 Å². The fourth-order valence-electron chi connectivity index (χ4n) is 1.56. The number of thioether (sulfide) groups is 1. The zero-order valence-electron chi connectivity index (χ0n) is 10.8. The number of nitrogens with zero attached hydrogens (tertiary/aromatic N) is 1. The van der Waals surface area contributed by atoms with Gasteiger partial charge in [0.25, 0.3) is 0 Å². The van der Waals surface area contributed by atoms with Crippen LogP contribution in [0.25, 0.3) is 0 Å². The molecule has 0 saturated heterocycles. The first-order chi connectivity index (χ1) is 8.95. The van der Waals surface area contributed by atoms with Crippen molar-refractivity contribution < 1.29 is 8.42 Å². The van der Waals surface area contributed by atoms with Crippen LogP contribution >= 0.6 is 23.1 Å². The van der Waals surface area contributed by atoms with Crippen LogP contribution in [0.3, 0.4) is 0 Å². The van der Waals surface area contributed by atoms with Crippen LogP contribution in [0, 0.1) is 6.92 Å². The van der Waals surface area contributed by atoms with E-state index in [2.05, 4.69) is 11.9 Å². The van der Waals surface area contributed by atoms with Crippen LogP contribution in [-0.4, -0.2) is 19.7 Å². The third-order valence-electron chi connectivity index (χ3n) is 2.51. The Morgan fingerprint density at radius 3 is 2.42 bits per heavy atom. The number of thiazole rings is 1. The minimum Gasteiger partial charge on any atom is -0.249 e. The van der Waals surface area contributed by atoms with Crippen LogP contribution in [0.1, 0.15) is 15.4 Å². The zero-order valence-corrected chi connectivity index (χ0v) is 13.2. The topological polar surface area (TPSA) is 47.0 Å². The Labute approximate surface area is 122 Å². The number of hydrogen-bond donors (Lipinski definition) is 0. The van der Waals surface area contributed by atoms with Gasteiger partial charge in [0.15, 0.2) is 9.84 Å². The van der Waals surface area contributed by atoms with Crippen molar-refractivity contribution in [2.24, 2.45) is 0 Å². The molecular formula is C13H15NO2S3. The average Bonchev–Trinajstić information content (AvgIpc) is 2.75. The fourth-order valence-corrected chi connectivity index (χ4v) is 4.04. The highest BCUT2D eigenvalue weighted by molar-refractivity contribution is 7.97. The van der Waals surface area contributed by atoms with Crippen molar-refractivity contribution in [1.82, 2.24) is 4.98 Å². The minimum atomic E-state index is -3.10. The summed E-state index contributed by atoms with van der Waals surface area (Å²) in [6.45, 7) is 2.05. The molecule has 0 spiro atoms. The van der Waals surface area contributed by atoms with Gasteiger partial charge in [0, 0.05) is 28.8 Å². The van der Waals surface area contributed by atoms with Crippen molar-refractivity contribution in [3.63, 3.8) is 0 Å². The van der Waals surface area contributed by atoms with Gasteiger partial charge < -0.3 is 0 Å². The maximum atomic E-state index is 11.3. The largest absolute Gasteiger partial charge is 0.249 e. The molecule has 2 rings (SSSR count). The molecule has 1 aromatic carbocycles. The highest BCUT2D eigenvalue weighted by atomic mass is 32.2. The van der Waals surface area contributed by atoms with Crippen molar-refractivity contribution in [2.75, 3.05) is 6.26 Å². The molecule has 3 nitrogen and oxygen atoms in total. The Morgan fingerprint density at radius 1 is 1.21 bits per heavy atom. The van der Waals surface area contributed by atoms with E-state index in [0.717, 1.165) is 22.1 Å². The summed E-state index contributed by atoms with van der Waals surface area (Å²) in [5.41, 5.74) is 1.13. The zero-order chi connectivity index (χ0) is 13.9. The predicted octanol–water partition coefficient (Wildman–Crippen LogP) is 3.29. The summed E-state index contributed by atoms with van der Waals surface area (Å²) in [5.74, 6) is 1.76. The van der Waals surface area contributed by atoms with Gasteiger partial charge >= 0.3 is 0 Å². The van der Waals surface area contributed by atoms with E-state index in [0.29, 0.717) is 4.90 Å². The van der Waals surface area contributed by atoms with E-state index in [4.69, 9.17) is 0 Å². The lowest BCUT2D eigenvalue weighted by molar-refractivity contribution is 0.602. The summed E-state index contributed by atoms with van der Waals surface area (Å²) in [7, 11) is -3.10. The van der Waals surface area contributed by atoms with Gasteiger partial charge in [-0.1, -0.05) is 12.1 Å². The fraction of sp³-hybridized carbons (Fsp3) is 0.308. The lowest BCUT2D eigenvalue weighted by Crippen LogP contribution is -1.96. The molecule has 0 unspecified atom stereocenters. The molecule has 1 aromatic heterocycles. The molecule has 102 valence electrons. The van der Waals surface area contributed by atoms with E-state index in [1.165, 1.54) is 11.1 Å². The number of aromatic nitrogens is 1. The molecule has 19 heavy (non-hydrogen) atoms. The molecule has 0 aliphatic carbocycles. The number of hydrogen-bond acceptors (Lipinski definition) is 5. The van der Waals surface area contributed by atoms with Crippen LogP contribution < -0.4 is 0 Å². The van der Waals surface area contributed by atoms with Crippen LogP contribution in [0.2, 0.25) is 0 Å². The monoisotopic (exact) mass is 313 g/mol. The lowest BCUT2D eigenvalue weighted by Gasteiger charge is -2.02. The first kappa shape index (κ1) is 14.6. The van der Waals surface area contributed by atoms with Crippen LogP contribution in [-0.2, 0) is 21.3 Å². The molecule has 6 heteroatoms. The van der Waals surface area contributed by atoms with E-state index in [9.17, 15) is 8.42 Å². The molecular weight excluding hydrogens is 298 g/mol. The molecule has 0 aliphatic rings. The number of benzene rings is 1. The second-order valence-corrected chi connectivity index (χ2v) is 8.59. The Balaban J connectivity index is 1.90. The van der Waals surface area contributed by atoms with Gasteiger partial charge in [-0.25, -0.2) is 13.4 Å². The molecule has 0 saturated carbocycles. The van der Waals surface area contributed by atoms with Crippen LogP contribution in [0.5, 0.6) is 0 Å². The van der Waals surface area contributed by atoms with Gasteiger partial charge in [-0.05, 0) is 24.6 Å². The van der Waals surface area contributed by atoms with Gasteiger partial charge in [0.1, 0.15) is 5.01 Å². The van der Waals surface area contributed by atoms with Crippen molar-refractivity contribution in [1.29, 1.82) is 0 Å². The Morgan fingerprint density at radius 2 is 1.89 bits per heavy atom. The average molecular weight is 313 g/mol. The van der Waals surface area contributed by atoms with Crippen molar-refractivity contribution >= 4 is 32.9 Å². The summed E-state index contributed by atoms with van der Waals surface area (Å²) in [4.78, 5) is 5.91. The number of rotatable bonds is 5. The number of aryl methyl sites for hydroxylation is 1. The minimum absolute atomic E-state index is 0.372. The normalized spacial score (nSPS) is 11.7. The van der Waals surface area contributed by atoms with E-state index >= 15 is 0 Å². The molecule has 1 heterocycles. The molecule has 0 bridgehead atoms. The summed E-state index contributed by atoms with van der Waals surface area (Å²) < 4.78 is 22.7. The maximum absolute atomic E-state index is 11.3. The molecule has 0 fully saturated rings.